The second-order valence-corrected chi connectivity index (χ2v) is 9.20. The third-order valence-corrected chi connectivity index (χ3v) is 6.77. The van der Waals surface area contributed by atoms with Crippen molar-refractivity contribution in [1.82, 2.24) is 4.90 Å². The summed E-state index contributed by atoms with van der Waals surface area (Å²) in [6, 6.07) is 25.8. The molecule has 0 aromatic heterocycles. The molecule has 4 nitrogen and oxygen atoms in total. The van der Waals surface area contributed by atoms with Gasteiger partial charge in [-0.2, -0.15) is 4.89 Å². The lowest BCUT2D eigenvalue weighted by Gasteiger charge is -2.40. The molecule has 3 atom stereocenters. The second-order valence-electron chi connectivity index (χ2n) is 9.20. The van der Waals surface area contributed by atoms with Crippen LogP contribution >= 0.6 is 0 Å². The van der Waals surface area contributed by atoms with E-state index in [1.807, 2.05) is 0 Å². The van der Waals surface area contributed by atoms with Crippen molar-refractivity contribution in [3.63, 3.8) is 0 Å². The molecule has 1 aliphatic heterocycles. The standard InChI is InChI=1S/C28H31NO3/c1-29(2)15-14-25-26(22-12-13-27-23(16-22)19-31-32-27)17-21-10-6-7-11-24(21)28(25)30-18-20-8-4-3-5-9-20/h3-13,16,25-26,28H,14-15,17-19H2,1-2H3. The van der Waals surface area contributed by atoms with E-state index in [4.69, 9.17) is 14.5 Å². The molecule has 0 bridgehead atoms. The first-order chi connectivity index (χ1) is 15.7. The van der Waals surface area contributed by atoms with Gasteiger partial charge in [-0.05, 0) is 79.7 Å². The molecule has 0 fully saturated rings. The fourth-order valence-corrected chi connectivity index (χ4v) is 5.11. The molecule has 1 aliphatic carbocycles. The van der Waals surface area contributed by atoms with Gasteiger partial charge in [0.25, 0.3) is 0 Å². The average molecular weight is 430 g/mol. The summed E-state index contributed by atoms with van der Waals surface area (Å²) >= 11 is 0. The number of rotatable bonds is 7. The smallest absolute Gasteiger partial charge is 0.171 e. The fourth-order valence-electron chi connectivity index (χ4n) is 5.11. The Morgan fingerprint density at radius 3 is 2.59 bits per heavy atom. The van der Waals surface area contributed by atoms with Crippen LogP contribution in [0.3, 0.4) is 0 Å². The van der Waals surface area contributed by atoms with E-state index in [0.717, 1.165) is 30.7 Å². The van der Waals surface area contributed by atoms with Crippen LogP contribution in [0.2, 0.25) is 0 Å². The Kier molecular flexibility index (Phi) is 6.26. The number of hydrogen-bond acceptors (Lipinski definition) is 4. The highest BCUT2D eigenvalue weighted by Crippen LogP contribution is 2.48. The predicted octanol–water partition coefficient (Wildman–Crippen LogP) is 5.68. The van der Waals surface area contributed by atoms with Gasteiger partial charge in [0, 0.05) is 5.56 Å². The van der Waals surface area contributed by atoms with Crippen molar-refractivity contribution >= 4 is 0 Å². The van der Waals surface area contributed by atoms with E-state index in [-0.39, 0.29) is 6.10 Å². The third kappa shape index (κ3) is 4.44. The maximum Gasteiger partial charge on any atom is 0.171 e. The Labute approximate surface area is 190 Å². The van der Waals surface area contributed by atoms with Crippen LogP contribution in [0.25, 0.3) is 0 Å². The molecule has 5 rings (SSSR count). The first-order valence-corrected chi connectivity index (χ1v) is 11.5. The largest absolute Gasteiger partial charge is 0.369 e. The topological polar surface area (TPSA) is 30.9 Å². The molecular formula is C28H31NO3. The minimum atomic E-state index is 0.0610. The van der Waals surface area contributed by atoms with Gasteiger partial charge in [-0.25, -0.2) is 0 Å². The molecule has 0 N–H and O–H groups in total. The van der Waals surface area contributed by atoms with Crippen molar-refractivity contribution in [2.45, 2.75) is 38.1 Å². The summed E-state index contributed by atoms with van der Waals surface area (Å²) in [6.07, 6.45) is 2.17. The minimum absolute atomic E-state index is 0.0610. The molecule has 0 radical (unpaired) electrons. The highest BCUT2D eigenvalue weighted by molar-refractivity contribution is 5.42. The van der Waals surface area contributed by atoms with Gasteiger partial charge >= 0.3 is 0 Å². The summed E-state index contributed by atoms with van der Waals surface area (Å²) < 4.78 is 6.72. The van der Waals surface area contributed by atoms with Gasteiger partial charge in [0.1, 0.15) is 6.61 Å². The van der Waals surface area contributed by atoms with Crippen LogP contribution in [0.1, 0.15) is 46.3 Å². The molecule has 0 amide bonds. The minimum Gasteiger partial charge on any atom is -0.369 e. The number of nitrogens with zero attached hydrogens (tertiary/aromatic N) is 1. The number of fused-ring (bicyclic) bond motifs is 2. The lowest BCUT2D eigenvalue weighted by molar-refractivity contribution is -0.194. The zero-order chi connectivity index (χ0) is 21.9. The van der Waals surface area contributed by atoms with Crippen LogP contribution in [0.5, 0.6) is 5.75 Å². The van der Waals surface area contributed by atoms with E-state index in [1.165, 1.54) is 22.3 Å². The van der Waals surface area contributed by atoms with Gasteiger partial charge in [-0.15, -0.1) is 0 Å². The molecular weight excluding hydrogens is 398 g/mol. The molecule has 2 aliphatic rings. The Bertz CT molecular complexity index is 1050. The molecule has 4 heteroatoms. The predicted molar refractivity (Wildman–Crippen MR) is 125 cm³/mol. The summed E-state index contributed by atoms with van der Waals surface area (Å²) in [7, 11) is 4.30. The summed E-state index contributed by atoms with van der Waals surface area (Å²) in [6.45, 7) is 2.17. The van der Waals surface area contributed by atoms with Gasteiger partial charge in [-0.1, -0.05) is 60.7 Å². The monoisotopic (exact) mass is 429 g/mol. The van der Waals surface area contributed by atoms with Crippen molar-refractivity contribution in [1.29, 1.82) is 0 Å². The zero-order valence-corrected chi connectivity index (χ0v) is 18.9. The van der Waals surface area contributed by atoms with E-state index < -0.39 is 0 Å². The van der Waals surface area contributed by atoms with Crippen molar-refractivity contribution in [2.75, 3.05) is 20.6 Å². The van der Waals surface area contributed by atoms with Crippen molar-refractivity contribution in [2.24, 2.45) is 5.92 Å². The van der Waals surface area contributed by atoms with Crippen molar-refractivity contribution < 1.29 is 14.5 Å². The maximum absolute atomic E-state index is 6.72. The molecule has 3 aromatic carbocycles. The van der Waals surface area contributed by atoms with Crippen molar-refractivity contribution in [3.8, 4) is 5.75 Å². The van der Waals surface area contributed by atoms with Gasteiger partial charge < -0.3 is 14.5 Å². The van der Waals surface area contributed by atoms with E-state index in [1.54, 1.807) is 0 Å². The molecule has 3 aromatic rings. The lowest BCUT2D eigenvalue weighted by Crippen LogP contribution is -2.32. The molecule has 0 spiro atoms. The third-order valence-electron chi connectivity index (χ3n) is 6.77. The van der Waals surface area contributed by atoms with Crippen LogP contribution in [0, 0.1) is 5.92 Å². The SMILES string of the molecule is CN(C)CCC1C(c2ccc3c(c2)COO3)Cc2ccccc2C1OCc1ccccc1. The highest BCUT2D eigenvalue weighted by Gasteiger charge is 2.38. The first-order valence-electron chi connectivity index (χ1n) is 11.5. The average Bonchev–Trinajstić information content (AvgIpc) is 3.29. The molecule has 166 valence electrons. The van der Waals surface area contributed by atoms with Crippen LogP contribution in [-0.2, 0) is 29.3 Å². The molecule has 0 saturated heterocycles. The molecule has 3 unspecified atom stereocenters. The summed E-state index contributed by atoms with van der Waals surface area (Å²) in [5.74, 6) is 1.61. The van der Waals surface area contributed by atoms with Gasteiger partial charge in [0.15, 0.2) is 5.75 Å². The van der Waals surface area contributed by atoms with Crippen LogP contribution in [0.15, 0.2) is 72.8 Å². The highest BCUT2D eigenvalue weighted by atomic mass is 17.2. The first kappa shape index (κ1) is 21.2. The quantitative estimate of drug-likeness (QED) is 0.453. The van der Waals surface area contributed by atoms with Crippen molar-refractivity contribution in [3.05, 3.63) is 101 Å². The normalized spacial score (nSPS) is 21.8. The molecule has 32 heavy (non-hydrogen) atoms. The Morgan fingerprint density at radius 1 is 0.938 bits per heavy atom. The Hall–Kier alpha value is -2.66. The van der Waals surface area contributed by atoms with Crippen LogP contribution in [0.4, 0.5) is 0 Å². The lowest BCUT2D eigenvalue weighted by atomic mass is 9.69. The van der Waals surface area contributed by atoms with Gasteiger partial charge in [0.05, 0.1) is 12.7 Å². The van der Waals surface area contributed by atoms with Gasteiger partial charge in [-0.3, -0.25) is 0 Å². The number of ether oxygens (including phenoxy) is 1. The molecule has 0 saturated carbocycles. The fraction of sp³-hybridized carbons (Fsp3) is 0.357. The second kappa shape index (κ2) is 9.45. The van der Waals surface area contributed by atoms with E-state index in [9.17, 15) is 0 Å². The van der Waals surface area contributed by atoms with E-state index in [2.05, 4.69) is 91.8 Å². The summed E-state index contributed by atoms with van der Waals surface area (Å²) in [4.78, 5) is 12.8. The Morgan fingerprint density at radius 2 is 1.75 bits per heavy atom. The van der Waals surface area contributed by atoms with E-state index in [0.29, 0.717) is 25.0 Å². The number of benzene rings is 3. The summed E-state index contributed by atoms with van der Waals surface area (Å²) in [5, 5.41) is 0. The number of hydrogen-bond donors (Lipinski definition) is 0. The van der Waals surface area contributed by atoms with E-state index >= 15 is 0 Å². The zero-order valence-electron chi connectivity index (χ0n) is 18.9. The molecule has 1 heterocycles. The van der Waals surface area contributed by atoms with Crippen LogP contribution < -0.4 is 4.89 Å². The van der Waals surface area contributed by atoms with Crippen LogP contribution in [-0.4, -0.2) is 25.5 Å². The summed E-state index contributed by atoms with van der Waals surface area (Å²) in [5.41, 5.74) is 6.44. The Balaban J connectivity index is 1.50. The maximum atomic E-state index is 6.72. The van der Waals surface area contributed by atoms with Gasteiger partial charge in [0.2, 0.25) is 0 Å².